The number of carbonyl (C=O) groups excluding carboxylic acids is 2. The van der Waals surface area contributed by atoms with E-state index in [-0.39, 0.29) is 28.2 Å². The van der Waals surface area contributed by atoms with Gasteiger partial charge < -0.3 is 24.6 Å². The SMILES string of the molecule is CCOc1cc(C2/C(=C(\O)c3ccc(OCC)c(C(C)(C)C)c3)C(=O)C(=O)N2c2ccc(N(C)C)cc2)ccc1O. The molecule has 8 heteroatoms. The highest BCUT2D eigenvalue weighted by atomic mass is 16.5. The summed E-state index contributed by atoms with van der Waals surface area (Å²) in [5.74, 6) is -1.02. The Balaban J connectivity index is 1.96. The number of carbonyl (C=O) groups is 2. The molecular formula is C33H38N2O6. The molecule has 216 valence electrons. The maximum atomic E-state index is 13.7. The molecule has 1 fully saturated rings. The van der Waals surface area contributed by atoms with Crippen molar-refractivity contribution in [3.8, 4) is 17.2 Å². The molecule has 1 saturated heterocycles. The van der Waals surface area contributed by atoms with Crippen LogP contribution in [0.5, 0.6) is 17.2 Å². The van der Waals surface area contributed by atoms with Gasteiger partial charge in [-0.1, -0.05) is 26.8 Å². The van der Waals surface area contributed by atoms with Crippen molar-refractivity contribution < 1.29 is 29.3 Å². The second-order valence-electron chi connectivity index (χ2n) is 11.1. The van der Waals surface area contributed by atoms with Crippen molar-refractivity contribution in [2.75, 3.05) is 37.1 Å². The summed E-state index contributed by atoms with van der Waals surface area (Å²) in [4.78, 5) is 30.6. The summed E-state index contributed by atoms with van der Waals surface area (Å²) in [6.45, 7) is 10.6. The van der Waals surface area contributed by atoms with Crippen LogP contribution in [-0.2, 0) is 15.0 Å². The van der Waals surface area contributed by atoms with Gasteiger partial charge in [-0.05, 0) is 79.4 Å². The number of ketones is 1. The van der Waals surface area contributed by atoms with Crippen LogP contribution in [0.15, 0.2) is 66.2 Å². The molecular weight excluding hydrogens is 520 g/mol. The summed E-state index contributed by atoms with van der Waals surface area (Å²) in [5.41, 5.74) is 2.81. The fourth-order valence-corrected chi connectivity index (χ4v) is 5.00. The zero-order valence-corrected chi connectivity index (χ0v) is 24.7. The van der Waals surface area contributed by atoms with Crippen LogP contribution in [0.2, 0.25) is 0 Å². The number of anilines is 2. The van der Waals surface area contributed by atoms with Crippen LogP contribution in [0, 0.1) is 0 Å². The number of aromatic hydroxyl groups is 1. The number of Topliss-reactive ketones (excluding diaryl/α,β-unsaturated/α-hetero) is 1. The topological polar surface area (TPSA) is 99.5 Å². The zero-order chi connectivity index (χ0) is 30.1. The summed E-state index contributed by atoms with van der Waals surface area (Å²) in [6, 6.07) is 16.2. The molecule has 4 rings (SSSR count). The number of benzene rings is 3. The minimum atomic E-state index is -0.968. The van der Waals surface area contributed by atoms with E-state index >= 15 is 0 Å². The first-order valence-corrected chi connectivity index (χ1v) is 13.7. The number of rotatable bonds is 8. The third-order valence-corrected chi connectivity index (χ3v) is 7.05. The van der Waals surface area contributed by atoms with Crippen LogP contribution in [0.1, 0.15) is 57.4 Å². The number of ether oxygens (including phenoxy) is 2. The number of phenolic OH excluding ortho intramolecular Hbond substituents is 1. The van der Waals surface area contributed by atoms with Crippen molar-refractivity contribution in [1.82, 2.24) is 0 Å². The van der Waals surface area contributed by atoms with E-state index in [0.717, 1.165) is 11.3 Å². The molecule has 0 aromatic heterocycles. The number of hydrogen-bond acceptors (Lipinski definition) is 7. The summed E-state index contributed by atoms with van der Waals surface area (Å²) in [5, 5.41) is 22.1. The number of aliphatic hydroxyl groups excluding tert-OH is 1. The first kappa shape index (κ1) is 29.5. The van der Waals surface area contributed by atoms with Gasteiger partial charge in [-0.3, -0.25) is 14.5 Å². The average molecular weight is 559 g/mol. The summed E-state index contributed by atoms with van der Waals surface area (Å²) in [6.07, 6.45) is 0. The molecule has 1 heterocycles. The van der Waals surface area contributed by atoms with Gasteiger partial charge in [0.25, 0.3) is 11.7 Å². The summed E-state index contributed by atoms with van der Waals surface area (Å²) < 4.78 is 11.4. The second kappa shape index (κ2) is 11.6. The van der Waals surface area contributed by atoms with E-state index in [1.54, 1.807) is 49.4 Å². The molecule has 1 atom stereocenters. The normalized spacial score (nSPS) is 16.7. The van der Waals surface area contributed by atoms with Gasteiger partial charge in [-0.25, -0.2) is 0 Å². The number of aliphatic hydroxyl groups is 1. The maximum absolute atomic E-state index is 13.7. The Morgan fingerprint density at radius 3 is 2.12 bits per heavy atom. The molecule has 3 aromatic carbocycles. The predicted octanol–water partition coefficient (Wildman–Crippen LogP) is 6.18. The van der Waals surface area contributed by atoms with E-state index in [0.29, 0.717) is 35.8 Å². The van der Waals surface area contributed by atoms with Crippen LogP contribution < -0.4 is 19.3 Å². The van der Waals surface area contributed by atoms with Gasteiger partial charge in [-0.15, -0.1) is 0 Å². The van der Waals surface area contributed by atoms with E-state index in [1.807, 2.05) is 58.8 Å². The van der Waals surface area contributed by atoms with Crippen molar-refractivity contribution in [1.29, 1.82) is 0 Å². The lowest BCUT2D eigenvalue weighted by Crippen LogP contribution is -2.29. The van der Waals surface area contributed by atoms with E-state index in [9.17, 15) is 19.8 Å². The van der Waals surface area contributed by atoms with Crippen molar-refractivity contribution in [3.05, 3.63) is 82.9 Å². The summed E-state index contributed by atoms with van der Waals surface area (Å²) >= 11 is 0. The quantitative estimate of drug-likeness (QED) is 0.194. The fourth-order valence-electron chi connectivity index (χ4n) is 5.00. The fraction of sp³-hybridized carbons (Fsp3) is 0.333. The van der Waals surface area contributed by atoms with Crippen molar-refractivity contribution >= 4 is 28.8 Å². The lowest BCUT2D eigenvalue weighted by molar-refractivity contribution is -0.132. The second-order valence-corrected chi connectivity index (χ2v) is 11.1. The van der Waals surface area contributed by atoms with Gasteiger partial charge in [0.1, 0.15) is 11.5 Å². The van der Waals surface area contributed by atoms with Gasteiger partial charge in [-0.2, -0.15) is 0 Å². The first-order chi connectivity index (χ1) is 19.4. The number of phenols is 1. The van der Waals surface area contributed by atoms with Gasteiger partial charge in [0.2, 0.25) is 0 Å². The van der Waals surface area contributed by atoms with Crippen molar-refractivity contribution in [2.45, 2.75) is 46.1 Å². The van der Waals surface area contributed by atoms with Gasteiger partial charge in [0.05, 0.1) is 24.8 Å². The minimum Gasteiger partial charge on any atom is -0.507 e. The predicted molar refractivity (Wildman–Crippen MR) is 161 cm³/mol. The average Bonchev–Trinajstić information content (AvgIpc) is 3.19. The van der Waals surface area contributed by atoms with Gasteiger partial charge >= 0.3 is 0 Å². The van der Waals surface area contributed by atoms with Crippen LogP contribution >= 0.6 is 0 Å². The Hall–Kier alpha value is -4.46. The van der Waals surface area contributed by atoms with Crippen LogP contribution in [0.3, 0.4) is 0 Å². The smallest absolute Gasteiger partial charge is 0.300 e. The first-order valence-electron chi connectivity index (χ1n) is 13.7. The lowest BCUT2D eigenvalue weighted by Gasteiger charge is -2.27. The van der Waals surface area contributed by atoms with Gasteiger partial charge in [0, 0.05) is 36.6 Å². The van der Waals surface area contributed by atoms with E-state index < -0.39 is 17.7 Å². The van der Waals surface area contributed by atoms with Gasteiger partial charge in [0.15, 0.2) is 11.5 Å². The molecule has 1 aliphatic rings. The number of nitrogens with zero attached hydrogens (tertiary/aromatic N) is 2. The molecule has 8 nitrogen and oxygen atoms in total. The number of hydrogen-bond donors (Lipinski definition) is 2. The Kier molecular flexibility index (Phi) is 8.33. The molecule has 1 unspecified atom stereocenters. The molecule has 0 aliphatic carbocycles. The minimum absolute atomic E-state index is 0.0520. The standard InChI is InChI=1S/C33H38N2O6/c1-8-40-26-17-11-21(18-24(26)33(3,4)5)30(37)28-29(20-10-16-25(36)27(19-20)41-9-2)35(32(39)31(28)38)23-14-12-22(13-15-23)34(6)7/h10-19,29,36-37H,8-9H2,1-7H3/b30-28+. The van der Waals surface area contributed by atoms with Crippen molar-refractivity contribution in [3.63, 3.8) is 0 Å². The Labute approximate surface area is 241 Å². The Bertz CT molecular complexity index is 1480. The molecule has 41 heavy (non-hydrogen) atoms. The molecule has 0 radical (unpaired) electrons. The molecule has 1 aliphatic heterocycles. The molecule has 0 spiro atoms. The molecule has 2 N–H and O–H groups in total. The van der Waals surface area contributed by atoms with Crippen LogP contribution in [-0.4, -0.2) is 49.2 Å². The molecule has 1 amide bonds. The van der Waals surface area contributed by atoms with Crippen LogP contribution in [0.25, 0.3) is 5.76 Å². The molecule has 0 bridgehead atoms. The monoisotopic (exact) mass is 558 g/mol. The van der Waals surface area contributed by atoms with E-state index in [4.69, 9.17) is 9.47 Å². The highest BCUT2D eigenvalue weighted by molar-refractivity contribution is 6.51. The summed E-state index contributed by atoms with van der Waals surface area (Å²) in [7, 11) is 3.82. The lowest BCUT2D eigenvalue weighted by atomic mass is 9.84. The molecule has 3 aromatic rings. The zero-order valence-electron chi connectivity index (χ0n) is 24.7. The van der Waals surface area contributed by atoms with E-state index in [1.165, 1.54) is 11.0 Å². The maximum Gasteiger partial charge on any atom is 0.300 e. The Morgan fingerprint density at radius 1 is 0.902 bits per heavy atom. The highest BCUT2D eigenvalue weighted by Gasteiger charge is 2.47. The molecule has 0 saturated carbocycles. The van der Waals surface area contributed by atoms with Crippen molar-refractivity contribution in [2.24, 2.45) is 0 Å². The van der Waals surface area contributed by atoms with E-state index in [2.05, 4.69) is 0 Å². The largest absolute Gasteiger partial charge is 0.507 e. The highest BCUT2D eigenvalue weighted by Crippen LogP contribution is 2.45. The Morgan fingerprint density at radius 2 is 1.54 bits per heavy atom. The number of amides is 1. The third kappa shape index (κ3) is 5.73. The third-order valence-electron chi connectivity index (χ3n) is 7.05. The van der Waals surface area contributed by atoms with Crippen LogP contribution in [0.4, 0.5) is 11.4 Å².